The van der Waals surface area contributed by atoms with Crippen LogP contribution in [0.5, 0.6) is 11.5 Å². The van der Waals surface area contributed by atoms with E-state index in [1.807, 2.05) is 6.92 Å². The highest BCUT2D eigenvalue weighted by Gasteiger charge is 2.37. The van der Waals surface area contributed by atoms with Gasteiger partial charge in [0.2, 0.25) is 5.91 Å². The third kappa shape index (κ3) is 6.84. The highest BCUT2D eigenvalue weighted by atomic mass is 35.5. The molecule has 2 fully saturated rings. The molecular weight excluding hydrogens is 518 g/mol. The Morgan fingerprint density at radius 1 is 1.08 bits per heavy atom. The van der Waals surface area contributed by atoms with E-state index in [4.69, 9.17) is 21.1 Å². The summed E-state index contributed by atoms with van der Waals surface area (Å²) < 4.78 is 11.3. The third-order valence-electron chi connectivity index (χ3n) is 5.66. The Bertz CT molecular complexity index is 1240. The van der Waals surface area contributed by atoms with Crippen LogP contribution in [-0.4, -0.2) is 65.6 Å². The van der Waals surface area contributed by atoms with Gasteiger partial charge in [0.1, 0.15) is 6.54 Å². The van der Waals surface area contributed by atoms with Gasteiger partial charge in [-0.1, -0.05) is 23.7 Å². The number of ether oxygens (including phenoxy) is 2. The summed E-state index contributed by atoms with van der Waals surface area (Å²) in [7, 11) is 0. The maximum atomic E-state index is 12.8. The van der Waals surface area contributed by atoms with Crippen molar-refractivity contribution in [1.29, 1.82) is 0 Å². The molecule has 2 aromatic rings. The lowest BCUT2D eigenvalue weighted by molar-refractivity contribution is -0.135. The van der Waals surface area contributed by atoms with Gasteiger partial charge >= 0.3 is 0 Å². The maximum Gasteiger partial charge on any atom is 0.294 e. The Kier molecular flexibility index (Phi) is 8.73. The molecule has 37 heavy (non-hydrogen) atoms. The lowest BCUT2D eigenvalue weighted by Gasteiger charge is -2.18. The second-order valence-electron chi connectivity index (χ2n) is 8.34. The number of benzene rings is 2. The van der Waals surface area contributed by atoms with Crippen LogP contribution in [0.2, 0.25) is 5.02 Å². The van der Waals surface area contributed by atoms with Gasteiger partial charge in [-0.15, -0.1) is 0 Å². The van der Waals surface area contributed by atoms with Crippen LogP contribution in [-0.2, 0) is 14.4 Å². The summed E-state index contributed by atoms with van der Waals surface area (Å²) in [5.41, 5.74) is 1.16. The van der Waals surface area contributed by atoms with Crippen LogP contribution in [0, 0.1) is 0 Å². The highest BCUT2D eigenvalue weighted by Crippen LogP contribution is 2.35. The molecule has 0 bridgehead atoms. The van der Waals surface area contributed by atoms with Gasteiger partial charge in [0.15, 0.2) is 18.1 Å². The summed E-state index contributed by atoms with van der Waals surface area (Å²) in [6.45, 7) is 2.96. The first-order valence-electron chi connectivity index (χ1n) is 11.8. The standard InChI is InChI=1S/C26H26ClN3O6S/c1-2-35-21-12-17(8-9-20(21)36-16-23(31)28-19-7-5-6-18(27)14-19)13-22-25(33)30(26(34)37-22)15-24(32)29-10-3-4-11-29/h5-9,12-14H,2-4,10-11,15-16H2,1H3,(H,28,31)/b22-13-. The minimum absolute atomic E-state index is 0.219. The number of thioether (sulfide) groups is 1. The van der Waals surface area contributed by atoms with E-state index in [9.17, 15) is 19.2 Å². The summed E-state index contributed by atoms with van der Waals surface area (Å²) in [5.74, 6) is -0.357. The van der Waals surface area contributed by atoms with Gasteiger partial charge in [-0.05, 0) is 73.5 Å². The molecule has 194 valence electrons. The van der Waals surface area contributed by atoms with Gasteiger partial charge in [-0.25, -0.2) is 0 Å². The number of anilines is 1. The topological polar surface area (TPSA) is 105 Å². The number of amides is 4. The fourth-order valence-electron chi connectivity index (χ4n) is 3.90. The summed E-state index contributed by atoms with van der Waals surface area (Å²) in [6, 6.07) is 11.8. The van der Waals surface area contributed by atoms with Crippen LogP contribution in [0.4, 0.5) is 10.5 Å². The van der Waals surface area contributed by atoms with Gasteiger partial charge in [-0.3, -0.25) is 24.1 Å². The first-order valence-corrected chi connectivity index (χ1v) is 13.0. The number of carbonyl (C=O) groups excluding carboxylic acids is 4. The highest BCUT2D eigenvalue weighted by molar-refractivity contribution is 8.18. The number of hydrogen-bond acceptors (Lipinski definition) is 7. The first kappa shape index (κ1) is 26.6. The Morgan fingerprint density at radius 3 is 2.59 bits per heavy atom. The molecule has 0 aliphatic carbocycles. The Balaban J connectivity index is 1.41. The molecule has 11 heteroatoms. The van der Waals surface area contributed by atoms with E-state index in [0.717, 1.165) is 29.5 Å². The van der Waals surface area contributed by atoms with Crippen molar-refractivity contribution >= 4 is 58.1 Å². The molecule has 0 aromatic heterocycles. The maximum absolute atomic E-state index is 12.8. The fourth-order valence-corrected chi connectivity index (χ4v) is 4.93. The van der Waals surface area contributed by atoms with E-state index in [1.54, 1.807) is 53.4 Å². The predicted octanol–water partition coefficient (Wildman–Crippen LogP) is 4.41. The fraction of sp³-hybridized carbons (Fsp3) is 0.308. The van der Waals surface area contributed by atoms with Crippen molar-refractivity contribution in [2.24, 2.45) is 0 Å². The molecule has 4 rings (SSSR count). The molecule has 1 N–H and O–H groups in total. The van der Waals surface area contributed by atoms with Crippen LogP contribution in [0.25, 0.3) is 6.08 Å². The van der Waals surface area contributed by atoms with Crippen LogP contribution < -0.4 is 14.8 Å². The number of nitrogens with zero attached hydrogens (tertiary/aromatic N) is 2. The Hall–Kier alpha value is -3.50. The summed E-state index contributed by atoms with van der Waals surface area (Å²) in [6.07, 6.45) is 3.44. The van der Waals surface area contributed by atoms with Crippen molar-refractivity contribution in [2.45, 2.75) is 19.8 Å². The molecule has 2 saturated heterocycles. The van der Waals surface area contributed by atoms with Crippen LogP contribution in [0.1, 0.15) is 25.3 Å². The summed E-state index contributed by atoms with van der Waals surface area (Å²) >= 11 is 6.74. The molecule has 4 amide bonds. The van der Waals surface area contributed by atoms with Crippen molar-refractivity contribution in [2.75, 3.05) is 38.2 Å². The van der Waals surface area contributed by atoms with Gasteiger partial charge in [-0.2, -0.15) is 0 Å². The van der Waals surface area contributed by atoms with Gasteiger partial charge in [0.05, 0.1) is 11.5 Å². The van der Waals surface area contributed by atoms with E-state index in [1.165, 1.54) is 0 Å². The second-order valence-corrected chi connectivity index (χ2v) is 9.77. The number of imide groups is 1. The zero-order chi connectivity index (χ0) is 26.4. The normalized spacial score (nSPS) is 16.4. The van der Waals surface area contributed by atoms with E-state index < -0.39 is 11.1 Å². The molecule has 0 spiro atoms. The number of rotatable bonds is 9. The smallest absolute Gasteiger partial charge is 0.294 e. The summed E-state index contributed by atoms with van der Waals surface area (Å²) in [4.78, 5) is 52.8. The molecule has 0 saturated carbocycles. The first-order chi connectivity index (χ1) is 17.8. The lowest BCUT2D eigenvalue weighted by atomic mass is 10.2. The average molecular weight is 544 g/mol. The second kappa shape index (κ2) is 12.2. The molecule has 2 aromatic carbocycles. The number of nitrogens with one attached hydrogen (secondary N) is 1. The van der Waals surface area contributed by atoms with E-state index in [0.29, 0.717) is 47.5 Å². The SMILES string of the molecule is CCOc1cc(/C=C2\SC(=O)N(CC(=O)N3CCCC3)C2=O)ccc1OCC(=O)Nc1cccc(Cl)c1. The average Bonchev–Trinajstić information content (AvgIpc) is 3.49. The van der Waals surface area contributed by atoms with Crippen molar-refractivity contribution < 1.29 is 28.7 Å². The van der Waals surface area contributed by atoms with Gasteiger partial charge in [0, 0.05) is 23.8 Å². The van der Waals surface area contributed by atoms with E-state index in [-0.39, 0.29) is 29.9 Å². The molecule has 9 nitrogen and oxygen atoms in total. The largest absolute Gasteiger partial charge is 0.490 e. The molecule has 0 unspecified atom stereocenters. The van der Waals surface area contributed by atoms with Crippen LogP contribution >= 0.6 is 23.4 Å². The third-order valence-corrected chi connectivity index (χ3v) is 6.80. The predicted molar refractivity (Wildman–Crippen MR) is 142 cm³/mol. The minimum Gasteiger partial charge on any atom is -0.490 e. The van der Waals surface area contributed by atoms with Crippen LogP contribution in [0.3, 0.4) is 0 Å². The zero-order valence-corrected chi connectivity index (χ0v) is 21.8. The summed E-state index contributed by atoms with van der Waals surface area (Å²) in [5, 5.41) is 2.74. The Morgan fingerprint density at radius 2 is 1.86 bits per heavy atom. The number of hydrogen-bond donors (Lipinski definition) is 1. The zero-order valence-electron chi connectivity index (χ0n) is 20.2. The van der Waals surface area contributed by atoms with E-state index in [2.05, 4.69) is 5.32 Å². The number of likely N-dealkylation sites (tertiary alicyclic amines) is 1. The van der Waals surface area contributed by atoms with Crippen molar-refractivity contribution in [1.82, 2.24) is 9.80 Å². The van der Waals surface area contributed by atoms with E-state index >= 15 is 0 Å². The number of halogens is 1. The number of carbonyl (C=O) groups is 4. The van der Waals surface area contributed by atoms with Crippen molar-refractivity contribution in [3.8, 4) is 11.5 Å². The Labute approximate surface area is 223 Å². The van der Waals surface area contributed by atoms with Gasteiger partial charge < -0.3 is 19.7 Å². The molecule has 2 aliphatic rings. The molecular formula is C26H26ClN3O6S. The molecule has 2 heterocycles. The molecule has 2 aliphatic heterocycles. The molecule has 0 radical (unpaired) electrons. The minimum atomic E-state index is -0.501. The van der Waals surface area contributed by atoms with Crippen molar-refractivity contribution in [3.63, 3.8) is 0 Å². The monoisotopic (exact) mass is 543 g/mol. The lowest BCUT2D eigenvalue weighted by Crippen LogP contribution is -2.40. The van der Waals surface area contributed by atoms with Crippen LogP contribution in [0.15, 0.2) is 47.4 Å². The quantitative estimate of drug-likeness (QED) is 0.467. The van der Waals surface area contributed by atoms with Gasteiger partial charge in [0.25, 0.3) is 17.1 Å². The molecule has 0 atom stereocenters. The van der Waals surface area contributed by atoms with Crippen molar-refractivity contribution in [3.05, 3.63) is 58.0 Å².